The van der Waals surface area contributed by atoms with Crippen LogP contribution in [0, 0.1) is 6.92 Å². The minimum Gasteiger partial charge on any atom is -0.254 e. The summed E-state index contributed by atoms with van der Waals surface area (Å²) in [6.45, 7) is 1.91. The van der Waals surface area contributed by atoms with E-state index in [4.69, 9.17) is 11.6 Å². The van der Waals surface area contributed by atoms with Gasteiger partial charge >= 0.3 is 0 Å². The van der Waals surface area contributed by atoms with Crippen LogP contribution in [0.2, 0.25) is 5.02 Å². The Labute approximate surface area is 111 Å². The van der Waals surface area contributed by atoms with Gasteiger partial charge in [0.15, 0.2) is 9.84 Å². The van der Waals surface area contributed by atoms with Crippen molar-refractivity contribution < 1.29 is 8.42 Å². The highest BCUT2D eigenvalue weighted by Crippen LogP contribution is 2.27. The second-order valence-electron chi connectivity index (χ2n) is 4.14. The quantitative estimate of drug-likeness (QED) is 0.850. The van der Waals surface area contributed by atoms with Gasteiger partial charge in [0.2, 0.25) is 0 Å². The lowest BCUT2D eigenvalue weighted by Crippen LogP contribution is -1.96. The van der Waals surface area contributed by atoms with Crippen LogP contribution in [0.15, 0.2) is 41.4 Å². The molecule has 0 saturated carbocycles. The van der Waals surface area contributed by atoms with Crippen molar-refractivity contribution in [1.82, 2.24) is 4.98 Å². The average molecular weight is 282 g/mol. The standard InChI is InChI=1S/C13H12ClNO2S/c1-9-7-12(14)13(15-8-9)10-3-5-11(6-4-10)18(2,16)17/h3-8H,1-2H3. The molecular weight excluding hydrogens is 270 g/mol. The molecule has 0 atom stereocenters. The van der Waals surface area contributed by atoms with Crippen molar-refractivity contribution in [2.45, 2.75) is 11.8 Å². The molecule has 0 bridgehead atoms. The van der Waals surface area contributed by atoms with Gasteiger partial charge in [-0.05, 0) is 30.7 Å². The Balaban J connectivity index is 2.47. The fourth-order valence-corrected chi connectivity index (χ4v) is 2.57. The average Bonchev–Trinajstić information content (AvgIpc) is 2.28. The van der Waals surface area contributed by atoms with Gasteiger partial charge in [0.25, 0.3) is 0 Å². The molecule has 2 aromatic rings. The number of hydrogen-bond acceptors (Lipinski definition) is 3. The molecule has 3 nitrogen and oxygen atoms in total. The highest BCUT2D eigenvalue weighted by molar-refractivity contribution is 7.90. The maximum absolute atomic E-state index is 11.4. The highest BCUT2D eigenvalue weighted by atomic mass is 35.5. The molecule has 0 aliphatic rings. The van der Waals surface area contributed by atoms with Gasteiger partial charge < -0.3 is 0 Å². The van der Waals surface area contributed by atoms with Crippen LogP contribution >= 0.6 is 11.6 Å². The predicted octanol–water partition coefficient (Wildman–Crippen LogP) is 3.11. The molecule has 1 aromatic heterocycles. The van der Waals surface area contributed by atoms with Crippen molar-refractivity contribution in [3.8, 4) is 11.3 Å². The van der Waals surface area contributed by atoms with E-state index in [-0.39, 0.29) is 4.90 Å². The van der Waals surface area contributed by atoms with Crippen molar-refractivity contribution in [3.05, 3.63) is 47.1 Å². The van der Waals surface area contributed by atoms with Crippen LogP contribution in [0.4, 0.5) is 0 Å². The van der Waals surface area contributed by atoms with Crippen molar-refractivity contribution in [2.24, 2.45) is 0 Å². The SMILES string of the molecule is Cc1cnc(-c2ccc(S(C)(=O)=O)cc2)c(Cl)c1. The Bertz CT molecular complexity index is 679. The molecule has 0 N–H and O–H groups in total. The molecule has 2 rings (SSSR count). The number of aryl methyl sites for hydroxylation is 1. The van der Waals surface area contributed by atoms with E-state index in [0.29, 0.717) is 10.7 Å². The van der Waals surface area contributed by atoms with Gasteiger partial charge in [-0.1, -0.05) is 23.7 Å². The smallest absolute Gasteiger partial charge is 0.175 e. The summed E-state index contributed by atoms with van der Waals surface area (Å²) < 4.78 is 22.7. The third kappa shape index (κ3) is 2.71. The van der Waals surface area contributed by atoms with Crippen LogP contribution in [0.1, 0.15) is 5.56 Å². The fraction of sp³-hybridized carbons (Fsp3) is 0.154. The second-order valence-corrected chi connectivity index (χ2v) is 6.56. The van der Waals surface area contributed by atoms with E-state index in [9.17, 15) is 8.42 Å². The van der Waals surface area contributed by atoms with Crippen LogP contribution in [0.25, 0.3) is 11.3 Å². The Morgan fingerprint density at radius 3 is 2.28 bits per heavy atom. The van der Waals surface area contributed by atoms with Gasteiger partial charge in [0.05, 0.1) is 15.6 Å². The molecule has 5 heteroatoms. The van der Waals surface area contributed by atoms with Crippen LogP contribution in [-0.4, -0.2) is 19.7 Å². The molecule has 1 aromatic carbocycles. The summed E-state index contributed by atoms with van der Waals surface area (Å²) in [6, 6.07) is 8.36. The lowest BCUT2D eigenvalue weighted by Gasteiger charge is -2.05. The minimum atomic E-state index is -3.17. The molecule has 1 heterocycles. The zero-order chi connectivity index (χ0) is 13.3. The lowest BCUT2D eigenvalue weighted by molar-refractivity contribution is 0.602. The van der Waals surface area contributed by atoms with Gasteiger partial charge in [-0.2, -0.15) is 0 Å². The van der Waals surface area contributed by atoms with Crippen LogP contribution in [0.5, 0.6) is 0 Å². The number of sulfone groups is 1. The summed E-state index contributed by atoms with van der Waals surface area (Å²) in [7, 11) is -3.17. The fourth-order valence-electron chi connectivity index (χ4n) is 1.61. The lowest BCUT2D eigenvalue weighted by atomic mass is 10.1. The molecule has 0 aliphatic heterocycles. The number of pyridine rings is 1. The first-order valence-electron chi connectivity index (χ1n) is 5.30. The first-order valence-corrected chi connectivity index (χ1v) is 7.57. The molecular formula is C13H12ClNO2S. The molecule has 0 unspecified atom stereocenters. The third-order valence-corrected chi connectivity index (χ3v) is 3.95. The topological polar surface area (TPSA) is 47.0 Å². The summed E-state index contributed by atoms with van der Waals surface area (Å²) >= 11 is 6.11. The molecule has 0 saturated heterocycles. The van der Waals surface area contributed by atoms with Crippen molar-refractivity contribution in [1.29, 1.82) is 0 Å². The van der Waals surface area contributed by atoms with Gasteiger partial charge in [-0.3, -0.25) is 4.98 Å². The summed E-state index contributed by atoms with van der Waals surface area (Å²) in [4.78, 5) is 4.55. The molecule has 18 heavy (non-hydrogen) atoms. The van der Waals surface area contributed by atoms with E-state index in [0.717, 1.165) is 11.1 Å². The summed E-state index contributed by atoms with van der Waals surface area (Å²) in [6.07, 6.45) is 2.91. The van der Waals surface area contributed by atoms with E-state index >= 15 is 0 Å². The number of benzene rings is 1. The number of nitrogens with zero attached hydrogens (tertiary/aromatic N) is 1. The third-order valence-electron chi connectivity index (χ3n) is 2.53. The molecule has 0 amide bonds. The van der Waals surface area contributed by atoms with Gasteiger partial charge in [-0.25, -0.2) is 8.42 Å². The Morgan fingerprint density at radius 2 is 1.78 bits per heavy atom. The van der Waals surface area contributed by atoms with E-state index in [1.54, 1.807) is 30.5 Å². The zero-order valence-corrected chi connectivity index (χ0v) is 11.6. The van der Waals surface area contributed by atoms with Crippen LogP contribution < -0.4 is 0 Å². The predicted molar refractivity (Wildman–Crippen MR) is 72.5 cm³/mol. The first kappa shape index (κ1) is 13.1. The number of rotatable bonds is 2. The first-order chi connectivity index (χ1) is 8.38. The van der Waals surface area contributed by atoms with Crippen molar-refractivity contribution >= 4 is 21.4 Å². The summed E-state index contributed by atoms with van der Waals surface area (Å²) in [5.41, 5.74) is 2.44. The number of hydrogen-bond donors (Lipinski definition) is 0. The van der Waals surface area contributed by atoms with Crippen molar-refractivity contribution in [3.63, 3.8) is 0 Å². The Kier molecular flexibility index (Phi) is 3.41. The number of aromatic nitrogens is 1. The van der Waals surface area contributed by atoms with E-state index in [1.807, 2.05) is 13.0 Å². The molecule has 0 fully saturated rings. The van der Waals surface area contributed by atoms with Crippen LogP contribution in [-0.2, 0) is 9.84 Å². The monoisotopic (exact) mass is 281 g/mol. The van der Waals surface area contributed by atoms with Gasteiger partial charge in [0, 0.05) is 18.0 Å². The normalized spacial score (nSPS) is 11.5. The highest BCUT2D eigenvalue weighted by Gasteiger charge is 2.09. The molecule has 0 spiro atoms. The zero-order valence-electron chi connectivity index (χ0n) is 10.0. The second kappa shape index (κ2) is 4.71. The van der Waals surface area contributed by atoms with E-state index in [1.165, 1.54) is 6.26 Å². The maximum Gasteiger partial charge on any atom is 0.175 e. The summed E-state index contributed by atoms with van der Waals surface area (Å²) in [5.74, 6) is 0. The van der Waals surface area contributed by atoms with E-state index in [2.05, 4.69) is 4.98 Å². The minimum absolute atomic E-state index is 0.287. The maximum atomic E-state index is 11.4. The van der Waals surface area contributed by atoms with Gasteiger partial charge in [0.1, 0.15) is 0 Å². The molecule has 0 aliphatic carbocycles. The number of halogens is 1. The Hall–Kier alpha value is -1.39. The van der Waals surface area contributed by atoms with Crippen LogP contribution in [0.3, 0.4) is 0 Å². The summed E-state index contributed by atoms with van der Waals surface area (Å²) in [5, 5.41) is 0.558. The molecule has 0 radical (unpaired) electrons. The largest absolute Gasteiger partial charge is 0.254 e. The Morgan fingerprint density at radius 1 is 1.17 bits per heavy atom. The van der Waals surface area contributed by atoms with Crippen molar-refractivity contribution in [2.75, 3.05) is 6.26 Å². The molecule has 94 valence electrons. The van der Waals surface area contributed by atoms with Gasteiger partial charge in [-0.15, -0.1) is 0 Å². The van der Waals surface area contributed by atoms with E-state index < -0.39 is 9.84 Å².